The van der Waals surface area contributed by atoms with E-state index >= 15 is 0 Å². The van der Waals surface area contributed by atoms with Crippen molar-refractivity contribution >= 4 is 45.7 Å². The lowest BCUT2D eigenvalue weighted by atomic mass is 10.2. The number of anilines is 1. The number of aromatic nitrogens is 2. The lowest BCUT2D eigenvalue weighted by Gasteiger charge is -2.07. The first-order valence-corrected chi connectivity index (χ1v) is 7.93. The zero-order valence-corrected chi connectivity index (χ0v) is 13.2. The van der Waals surface area contributed by atoms with E-state index in [9.17, 15) is 4.79 Å². The van der Waals surface area contributed by atoms with Gasteiger partial charge in [0.15, 0.2) is 4.34 Å². The number of hydrogen-bond acceptors (Lipinski definition) is 6. The largest absolute Gasteiger partial charge is 0.496 e. The van der Waals surface area contributed by atoms with Crippen LogP contribution < -0.4 is 10.1 Å². The summed E-state index contributed by atoms with van der Waals surface area (Å²) in [5, 5.41) is 11.5. The van der Waals surface area contributed by atoms with Gasteiger partial charge in [0, 0.05) is 5.02 Å². The fraction of sp³-hybridized carbons (Fsp3) is 0.250. The Balaban J connectivity index is 2.16. The number of benzene rings is 1. The number of carbonyl (C=O) groups excluding carboxylic acids is 1. The second-order valence-electron chi connectivity index (χ2n) is 3.60. The first kappa shape index (κ1) is 15.1. The molecular formula is C12H12ClN3O2S2. The fourth-order valence-corrected chi connectivity index (χ4v) is 3.28. The average molecular weight is 330 g/mol. The molecule has 0 bridgehead atoms. The van der Waals surface area contributed by atoms with Crippen LogP contribution in [0.4, 0.5) is 5.13 Å². The highest BCUT2D eigenvalue weighted by atomic mass is 35.5. The molecule has 0 unspecified atom stereocenters. The molecule has 0 aliphatic heterocycles. The van der Waals surface area contributed by atoms with Gasteiger partial charge in [0.25, 0.3) is 5.91 Å². The van der Waals surface area contributed by atoms with Crippen LogP contribution in [0.3, 0.4) is 0 Å². The van der Waals surface area contributed by atoms with Gasteiger partial charge in [-0.05, 0) is 24.0 Å². The summed E-state index contributed by atoms with van der Waals surface area (Å²) in [4.78, 5) is 12.2. The van der Waals surface area contributed by atoms with Crippen LogP contribution in [-0.2, 0) is 0 Å². The van der Waals surface area contributed by atoms with Gasteiger partial charge >= 0.3 is 0 Å². The molecule has 0 spiro atoms. The molecule has 20 heavy (non-hydrogen) atoms. The van der Waals surface area contributed by atoms with Crippen molar-refractivity contribution in [3.63, 3.8) is 0 Å². The normalized spacial score (nSPS) is 10.3. The monoisotopic (exact) mass is 329 g/mol. The Morgan fingerprint density at radius 2 is 2.30 bits per heavy atom. The molecule has 106 valence electrons. The second-order valence-corrected chi connectivity index (χ2v) is 6.53. The maximum atomic E-state index is 12.2. The number of ether oxygens (including phenoxy) is 1. The van der Waals surface area contributed by atoms with E-state index in [1.807, 2.05) is 6.92 Å². The summed E-state index contributed by atoms with van der Waals surface area (Å²) in [6, 6.07) is 4.87. The predicted octanol–water partition coefficient (Wildman–Crippen LogP) is 3.56. The summed E-state index contributed by atoms with van der Waals surface area (Å²) in [7, 11) is 1.50. The van der Waals surface area contributed by atoms with Crippen LogP contribution in [0.1, 0.15) is 17.3 Å². The van der Waals surface area contributed by atoms with Crippen molar-refractivity contribution in [2.45, 2.75) is 11.3 Å². The molecule has 1 N–H and O–H groups in total. The maximum Gasteiger partial charge on any atom is 0.261 e. The molecule has 5 nitrogen and oxygen atoms in total. The Labute approximate surface area is 129 Å². The van der Waals surface area contributed by atoms with E-state index in [4.69, 9.17) is 16.3 Å². The van der Waals surface area contributed by atoms with E-state index in [0.717, 1.165) is 10.1 Å². The van der Waals surface area contributed by atoms with Gasteiger partial charge in [-0.15, -0.1) is 10.2 Å². The van der Waals surface area contributed by atoms with Gasteiger partial charge in [0.2, 0.25) is 5.13 Å². The Morgan fingerprint density at radius 1 is 1.50 bits per heavy atom. The molecule has 0 aliphatic carbocycles. The molecule has 0 atom stereocenters. The summed E-state index contributed by atoms with van der Waals surface area (Å²) < 4.78 is 5.97. The van der Waals surface area contributed by atoms with E-state index in [-0.39, 0.29) is 5.91 Å². The molecule has 0 fully saturated rings. The van der Waals surface area contributed by atoms with Crippen LogP contribution in [0, 0.1) is 0 Å². The van der Waals surface area contributed by atoms with Crippen LogP contribution in [0.5, 0.6) is 5.75 Å². The molecule has 0 saturated heterocycles. The molecule has 0 aliphatic rings. The maximum absolute atomic E-state index is 12.2. The molecule has 1 aromatic carbocycles. The Kier molecular flexibility index (Phi) is 5.22. The zero-order valence-electron chi connectivity index (χ0n) is 10.8. The third-order valence-electron chi connectivity index (χ3n) is 2.30. The SMILES string of the molecule is CCSc1nnc(NC(=O)c2cc(Cl)ccc2OC)s1. The minimum Gasteiger partial charge on any atom is -0.496 e. The van der Waals surface area contributed by atoms with Crippen LogP contribution in [-0.4, -0.2) is 29.0 Å². The van der Waals surface area contributed by atoms with Crippen molar-refractivity contribution in [1.82, 2.24) is 10.2 Å². The van der Waals surface area contributed by atoms with Crippen molar-refractivity contribution in [1.29, 1.82) is 0 Å². The number of thioether (sulfide) groups is 1. The Bertz CT molecular complexity index is 618. The van der Waals surface area contributed by atoms with Crippen molar-refractivity contribution in [2.24, 2.45) is 0 Å². The number of nitrogens with one attached hydrogen (secondary N) is 1. The number of halogens is 1. The van der Waals surface area contributed by atoms with Crippen LogP contribution in [0.2, 0.25) is 5.02 Å². The lowest BCUT2D eigenvalue weighted by Crippen LogP contribution is -2.13. The third kappa shape index (κ3) is 3.62. The van der Waals surface area contributed by atoms with Crippen molar-refractivity contribution in [3.05, 3.63) is 28.8 Å². The van der Waals surface area contributed by atoms with E-state index in [1.165, 1.54) is 18.4 Å². The topological polar surface area (TPSA) is 64.1 Å². The highest BCUT2D eigenvalue weighted by molar-refractivity contribution is 8.01. The molecule has 1 heterocycles. The zero-order chi connectivity index (χ0) is 14.5. The van der Waals surface area contributed by atoms with E-state index in [2.05, 4.69) is 15.5 Å². The number of nitrogens with zero attached hydrogens (tertiary/aromatic N) is 2. The number of methoxy groups -OCH3 is 1. The quantitative estimate of drug-likeness (QED) is 0.671. The van der Waals surface area contributed by atoms with E-state index in [0.29, 0.717) is 21.5 Å². The summed E-state index contributed by atoms with van der Waals surface area (Å²) in [5.74, 6) is 1.04. The molecule has 1 aromatic heterocycles. The summed E-state index contributed by atoms with van der Waals surface area (Å²) >= 11 is 8.81. The summed E-state index contributed by atoms with van der Waals surface area (Å²) in [5.41, 5.74) is 0.361. The molecular weight excluding hydrogens is 318 g/mol. The van der Waals surface area contributed by atoms with Gasteiger partial charge in [0.1, 0.15) is 5.75 Å². The van der Waals surface area contributed by atoms with E-state index in [1.54, 1.807) is 30.0 Å². The summed E-state index contributed by atoms with van der Waals surface area (Å²) in [6.07, 6.45) is 0. The van der Waals surface area contributed by atoms with Crippen LogP contribution >= 0.6 is 34.7 Å². The number of amides is 1. The van der Waals surface area contributed by atoms with Crippen LogP contribution in [0.25, 0.3) is 0 Å². The number of carbonyl (C=O) groups is 1. The Hall–Kier alpha value is -1.31. The number of rotatable bonds is 5. The summed E-state index contributed by atoms with van der Waals surface area (Å²) in [6.45, 7) is 2.03. The van der Waals surface area contributed by atoms with Crippen molar-refractivity contribution < 1.29 is 9.53 Å². The Morgan fingerprint density at radius 3 is 3.00 bits per heavy atom. The van der Waals surface area contributed by atoms with Crippen molar-refractivity contribution in [3.8, 4) is 5.75 Å². The number of hydrogen-bond donors (Lipinski definition) is 1. The minimum absolute atomic E-state index is 0.325. The van der Waals surface area contributed by atoms with Gasteiger partial charge in [-0.25, -0.2) is 0 Å². The van der Waals surface area contributed by atoms with Crippen LogP contribution in [0.15, 0.2) is 22.5 Å². The molecule has 0 saturated carbocycles. The third-order valence-corrected chi connectivity index (χ3v) is 4.39. The molecule has 2 aromatic rings. The molecule has 0 radical (unpaired) electrons. The van der Waals surface area contributed by atoms with E-state index < -0.39 is 0 Å². The molecule has 8 heteroatoms. The second kappa shape index (κ2) is 6.92. The first-order chi connectivity index (χ1) is 9.63. The van der Waals surface area contributed by atoms with Gasteiger partial charge in [-0.2, -0.15) is 0 Å². The van der Waals surface area contributed by atoms with Gasteiger partial charge in [-0.1, -0.05) is 41.6 Å². The highest BCUT2D eigenvalue weighted by Gasteiger charge is 2.15. The van der Waals surface area contributed by atoms with Gasteiger partial charge in [-0.3, -0.25) is 10.1 Å². The lowest BCUT2D eigenvalue weighted by molar-refractivity contribution is 0.102. The smallest absolute Gasteiger partial charge is 0.261 e. The fourth-order valence-electron chi connectivity index (χ4n) is 1.46. The standard InChI is InChI=1S/C12H12ClN3O2S2/c1-3-19-12-16-15-11(20-12)14-10(17)8-6-7(13)4-5-9(8)18-2/h4-6H,3H2,1-2H3,(H,14,15,17). The first-order valence-electron chi connectivity index (χ1n) is 5.75. The average Bonchev–Trinajstić information content (AvgIpc) is 2.86. The predicted molar refractivity (Wildman–Crippen MR) is 82.3 cm³/mol. The van der Waals surface area contributed by atoms with Crippen molar-refractivity contribution in [2.75, 3.05) is 18.2 Å². The minimum atomic E-state index is -0.325. The molecule has 2 rings (SSSR count). The highest BCUT2D eigenvalue weighted by Crippen LogP contribution is 2.27. The van der Waals surface area contributed by atoms with Gasteiger partial charge < -0.3 is 4.74 Å². The molecule has 1 amide bonds. The van der Waals surface area contributed by atoms with Gasteiger partial charge in [0.05, 0.1) is 12.7 Å².